The van der Waals surface area contributed by atoms with Crippen molar-refractivity contribution in [1.82, 2.24) is 14.7 Å². The summed E-state index contributed by atoms with van der Waals surface area (Å²) in [5, 5.41) is 3.46. The van der Waals surface area contributed by atoms with Gasteiger partial charge in [-0.05, 0) is 49.8 Å². The molecule has 0 unspecified atom stereocenters. The number of nitrogens with zero attached hydrogens (tertiary/aromatic N) is 2. The van der Waals surface area contributed by atoms with Crippen molar-refractivity contribution in [3.63, 3.8) is 0 Å². The van der Waals surface area contributed by atoms with Gasteiger partial charge in [-0.1, -0.05) is 23.7 Å². The van der Waals surface area contributed by atoms with Crippen LogP contribution < -0.4 is 10.1 Å². The average molecular weight is 370 g/mol. The molecule has 6 heteroatoms. The Kier molecular flexibility index (Phi) is 5.58. The van der Waals surface area contributed by atoms with E-state index in [9.17, 15) is 4.79 Å². The Labute approximate surface area is 157 Å². The first-order valence-electron chi connectivity index (χ1n) is 8.35. The number of carbonyl (C=O) groups excluding carboxylic acids is 1. The van der Waals surface area contributed by atoms with E-state index in [-0.39, 0.29) is 12.0 Å². The van der Waals surface area contributed by atoms with Crippen LogP contribution in [0.4, 0.5) is 0 Å². The van der Waals surface area contributed by atoms with Crippen molar-refractivity contribution >= 4 is 29.2 Å². The van der Waals surface area contributed by atoms with E-state index in [1.807, 2.05) is 54.9 Å². The van der Waals surface area contributed by atoms with E-state index in [0.29, 0.717) is 11.6 Å². The second-order valence-electron chi connectivity index (χ2n) is 6.13. The van der Waals surface area contributed by atoms with Crippen LogP contribution >= 0.6 is 11.6 Å². The molecule has 0 saturated heterocycles. The lowest BCUT2D eigenvalue weighted by molar-refractivity contribution is -0.116. The number of imidazole rings is 1. The fourth-order valence-electron chi connectivity index (χ4n) is 2.47. The van der Waals surface area contributed by atoms with Crippen LogP contribution in [-0.4, -0.2) is 21.4 Å². The minimum absolute atomic E-state index is 0.109. The number of nitrogens with one attached hydrogen (secondary N) is 1. The molecule has 1 aromatic carbocycles. The molecular weight excluding hydrogens is 350 g/mol. The van der Waals surface area contributed by atoms with Gasteiger partial charge in [0.2, 0.25) is 5.91 Å². The molecule has 3 aromatic rings. The Morgan fingerprint density at radius 3 is 3.00 bits per heavy atom. The fourth-order valence-corrected chi connectivity index (χ4v) is 2.62. The van der Waals surface area contributed by atoms with E-state index in [1.54, 1.807) is 18.2 Å². The van der Waals surface area contributed by atoms with Gasteiger partial charge >= 0.3 is 0 Å². The zero-order chi connectivity index (χ0) is 18.5. The molecule has 0 aliphatic rings. The highest BCUT2D eigenvalue weighted by Crippen LogP contribution is 2.16. The van der Waals surface area contributed by atoms with Crippen LogP contribution in [0.3, 0.4) is 0 Å². The van der Waals surface area contributed by atoms with Gasteiger partial charge < -0.3 is 14.5 Å². The maximum atomic E-state index is 12.0. The van der Waals surface area contributed by atoms with Gasteiger partial charge in [0.1, 0.15) is 11.4 Å². The van der Waals surface area contributed by atoms with E-state index in [1.165, 1.54) is 6.08 Å². The largest absolute Gasteiger partial charge is 0.491 e. The SMILES string of the molecule is CC(C)Oc1cccc(/C=C/C(=O)NCc2cn3ccc(Cl)cc3n2)c1. The molecule has 0 aliphatic carbocycles. The molecule has 1 N–H and O–H groups in total. The number of amides is 1. The molecule has 0 atom stereocenters. The molecule has 3 rings (SSSR count). The maximum Gasteiger partial charge on any atom is 0.244 e. The minimum atomic E-state index is -0.185. The molecule has 26 heavy (non-hydrogen) atoms. The zero-order valence-corrected chi connectivity index (χ0v) is 15.4. The molecule has 0 aliphatic heterocycles. The summed E-state index contributed by atoms with van der Waals surface area (Å²) in [6, 6.07) is 11.2. The van der Waals surface area contributed by atoms with Gasteiger partial charge in [-0.25, -0.2) is 4.98 Å². The number of benzene rings is 1. The van der Waals surface area contributed by atoms with Crippen molar-refractivity contribution in [2.75, 3.05) is 0 Å². The highest BCUT2D eigenvalue weighted by Gasteiger charge is 2.04. The number of halogens is 1. The molecule has 0 saturated carbocycles. The molecule has 2 aromatic heterocycles. The Morgan fingerprint density at radius 1 is 1.35 bits per heavy atom. The first kappa shape index (κ1) is 18.0. The number of pyridine rings is 1. The Balaban J connectivity index is 1.58. The van der Waals surface area contributed by atoms with Crippen molar-refractivity contribution in [3.05, 3.63) is 71.1 Å². The molecule has 0 bridgehead atoms. The van der Waals surface area contributed by atoms with Crippen LogP contribution in [0.25, 0.3) is 11.7 Å². The van der Waals surface area contributed by atoms with Crippen LogP contribution in [0.2, 0.25) is 5.02 Å². The van der Waals surface area contributed by atoms with E-state index in [4.69, 9.17) is 16.3 Å². The van der Waals surface area contributed by atoms with E-state index in [2.05, 4.69) is 10.3 Å². The van der Waals surface area contributed by atoms with Gasteiger partial charge in [0.25, 0.3) is 0 Å². The third-order valence-electron chi connectivity index (χ3n) is 3.57. The van der Waals surface area contributed by atoms with E-state index >= 15 is 0 Å². The summed E-state index contributed by atoms with van der Waals surface area (Å²) in [7, 11) is 0. The molecule has 2 heterocycles. The molecule has 134 valence electrons. The van der Waals surface area contributed by atoms with Gasteiger partial charge in [-0.2, -0.15) is 0 Å². The second kappa shape index (κ2) is 8.06. The Bertz CT molecular complexity index is 947. The number of hydrogen-bond donors (Lipinski definition) is 1. The fraction of sp³-hybridized carbons (Fsp3) is 0.200. The zero-order valence-electron chi connectivity index (χ0n) is 14.6. The first-order valence-corrected chi connectivity index (χ1v) is 8.73. The number of rotatable bonds is 6. The average Bonchev–Trinajstić information content (AvgIpc) is 3.00. The van der Waals surface area contributed by atoms with Gasteiger partial charge in [-0.15, -0.1) is 0 Å². The highest BCUT2D eigenvalue weighted by molar-refractivity contribution is 6.30. The van der Waals surface area contributed by atoms with Crippen molar-refractivity contribution < 1.29 is 9.53 Å². The Hall–Kier alpha value is -2.79. The van der Waals surface area contributed by atoms with Crippen LogP contribution in [0.5, 0.6) is 5.75 Å². The molecule has 1 amide bonds. The maximum absolute atomic E-state index is 12.0. The lowest BCUT2D eigenvalue weighted by atomic mass is 10.2. The summed E-state index contributed by atoms with van der Waals surface area (Å²) >= 11 is 5.95. The summed E-state index contributed by atoms with van der Waals surface area (Å²) in [4.78, 5) is 16.5. The summed E-state index contributed by atoms with van der Waals surface area (Å²) < 4.78 is 7.51. The number of ether oxygens (including phenoxy) is 1. The number of carbonyl (C=O) groups is 1. The minimum Gasteiger partial charge on any atom is -0.491 e. The predicted molar refractivity (Wildman–Crippen MR) is 103 cm³/mol. The predicted octanol–water partition coefficient (Wildman–Crippen LogP) is 4.10. The second-order valence-corrected chi connectivity index (χ2v) is 6.57. The molecule has 0 spiro atoms. The molecule has 0 radical (unpaired) electrons. The summed E-state index contributed by atoms with van der Waals surface area (Å²) in [6.45, 7) is 4.30. The normalized spacial score (nSPS) is 11.4. The van der Waals surface area contributed by atoms with Gasteiger partial charge in [0.15, 0.2) is 0 Å². The third-order valence-corrected chi connectivity index (χ3v) is 3.81. The van der Waals surface area contributed by atoms with Crippen LogP contribution in [-0.2, 0) is 11.3 Å². The summed E-state index contributed by atoms with van der Waals surface area (Å²) in [5.74, 6) is 0.598. The van der Waals surface area contributed by atoms with E-state index < -0.39 is 0 Å². The standard InChI is InChI=1S/C20H20ClN3O2/c1-14(2)26-18-5-3-4-15(10-18)6-7-20(25)22-12-17-13-24-9-8-16(21)11-19(24)23-17/h3-11,13-14H,12H2,1-2H3,(H,22,25)/b7-6+. The Morgan fingerprint density at radius 2 is 2.19 bits per heavy atom. The summed E-state index contributed by atoms with van der Waals surface area (Å²) in [6.07, 6.45) is 7.07. The lowest BCUT2D eigenvalue weighted by Gasteiger charge is -2.09. The first-order chi connectivity index (χ1) is 12.5. The van der Waals surface area contributed by atoms with Gasteiger partial charge in [-0.3, -0.25) is 4.79 Å². The quantitative estimate of drug-likeness (QED) is 0.665. The number of hydrogen-bond acceptors (Lipinski definition) is 3. The third kappa shape index (κ3) is 4.86. The van der Waals surface area contributed by atoms with E-state index in [0.717, 1.165) is 22.7 Å². The summed E-state index contributed by atoms with van der Waals surface area (Å²) in [5.41, 5.74) is 2.42. The van der Waals surface area contributed by atoms with Gasteiger partial charge in [0.05, 0.1) is 18.3 Å². The number of fused-ring (bicyclic) bond motifs is 1. The molecule has 5 nitrogen and oxygen atoms in total. The van der Waals surface area contributed by atoms with Gasteiger partial charge in [0, 0.05) is 23.5 Å². The van der Waals surface area contributed by atoms with Crippen LogP contribution in [0.1, 0.15) is 25.1 Å². The van der Waals surface area contributed by atoms with Crippen molar-refractivity contribution in [1.29, 1.82) is 0 Å². The van der Waals surface area contributed by atoms with Crippen molar-refractivity contribution in [3.8, 4) is 5.75 Å². The van der Waals surface area contributed by atoms with Crippen LogP contribution in [0, 0.1) is 0 Å². The number of aromatic nitrogens is 2. The van der Waals surface area contributed by atoms with Crippen LogP contribution in [0.15, 0.2) is 54.9 Å². The highest BCUT2D eigenvalue weighted by atomic mass is 35.5. The lowest BCUT2D eigenvalue weighted by Crippen LogP contribution is -2.20. The van der Waals surface area contributed by atoms with Crippen molar-refractivity contribution in [2.24, 2.45) is 0 Å². The molecular formula is C20H20ClN3O2. The topological polar surface area (TPSA) is 55.6 Å². The van der Waals surface area contributed by atoms with Crippen molar-refractivity contribution in [2.45, 2.75) is 26.5 Å². The monoisotopic (exact) mass is 369 g/mol. The molecule has 0 fully saturated rings. The smallest absolute Gasteiger partial charge is 0.244 e.